The van der Waals surface area contributed by atoms with E-state index in [1.165, 1.54) is 0 Å². The van der Waals surface area contributed by atoms with Crippen molar-refractivity contribution in [1.29, 1.82) is 0 Å². The van der Waals surface area contributed by atoms with E-state index in [1.807, 2.05) is 30.3 Å². The van der Waals surface area contributed by atoms with E-state index < -0.39 is 31.4 Å². The molecule has 3 aromatic rings. The maximum Gasteiger partial charge on any atom is 0.347 e. The molecule has 6 nitrogen and oxygen atoms in total. The molecule has 2 saturated heterocycles. The summed E-state index contributed by atoms with van der Waals surface area (Å²) in [5.74, 6) is -0.145. The molecule has 7 heteroatoms. The van der Waals surface area contributed by atoms with Crippen molar-refractivity contribution in [2.24, 2.45) is 0 Å². The summed E-state index contributed by atoms with van der Waals surface area (Å²) in [6, 6.07) is 26.6. The lowest BCUT2D eigenvalue weighted by Crippen LogP contribution is -2.68. The molecule has 5 rings (SSSR count). The zero-order valence-electron chi connectivity index (χ0n) is 25.7. The Morgan fingerprint density at radius 3 is 2.00 bits per heavy atom. The van der Waals surface area contributed by atoms with Gasteiger partial charge in [-0.25, -0.2) is 4.79 Å². The summed E-state index contributed by atoms with van der Waals surface area (Å²) in [7, 11) is -1.29. The van der Waals surface area contributed by atoms with Crippen LogP contribution in [0.15, 0.2) is 78.9 Å². The van der Waals surface area contributed by atoms with E-state index in [1.54, 1.807) is 27.9 Å². The van der Waals surface area contributed by atoms with Crippen molar-refractivity contribution < 1.29 is 28.2 Å². The van der Waals surface area contributed by atoms with Crippen molar-refractivity contribution in [2.45, 2.75) is 89.1 Å². The highest BCUT2D eigenvalue weighted by atomic mass is 28.4. The molecule has 3 atom stereocenters. The van der Waals surface area contributed by atoms with Gasteiger partial charge in [-0.2, -0.15) is 0 Å². The van der Waals surface area contributed by atoms with Crippen molar-refractivity contribution >= 4 is 30.4 Å². The van der Waals surface area contributed by atoms with Crippen molar-refractivity contribution in [3.63, 3.8) is 0 Å². The highest BCUT2D eigenvalue weighted by Gasteiger charge is 2.63. The van der Waals surface area contributed by atoms with Gasteiger partial charge in [0, 0.05) is 12.3 Å². The number of carbonyl (C=O) groups excluding carboxylic acids is 2. The molecule has 2 bridgehead atoms. The van der Waals surface area contributed by atoms with Gasteiger partial charge in [0.1, 0.15) is 11.4 Å². The molecule has 2 fully saturated rings. The molecule has 3 aromatic carbocycles. The van der Waals surface area contributed by atoms with E-state index in [-0.39, 0.29) is 16.9 Å². The van der Waals surface area contributed by atoms with Gasteiger partial charge < -0.3 is 18.6 Å². The Balaban J connectivity index is 1.61. The van der Waals surface area contributed by atoms with Crippen LogP contribution < -0.4 is 19.5 Å². The summed E-state index contributed by atoms with van der Waals surface area (Å²) >= 11 is 0. The van der Waals surface area contributed by atoms with Crippen LogP contribution in [0, 0.1) is 0 Å². The summed E-state index contributed by atoms with van der Waals surface area (Å²) in [4.78, 5) is 27.0. The van der Waals surface area contributed by atoms with Crippen LogP contribution in [-0.2, 0) is 19.1 Å². The van der Waals surface area contributed by atoms with Gasteiger partial charge in [-0.05, 0) is 66.7 Å². The zero-order valence-corrected chi connectivity index (χ0v) is 26.7. The smallest absolute Gasteiger partial charge is 0.347 e. The number of rotatable bonds is 7. The Hall–Kier alpha value is -3.42. The zero-order chi connectivity index (χ0) is 30.3. The summed E-state index contributed by atoms with van der Waals surface area (Å²) in [6.45, 7) is 12.1. The molecule has 0 aliphatic carbocycles. The van der Waals surface area contributed by atoms with Crippen LogP contribution in [0.1, 0.15) is 72.3 Å². The number of esters is 1. The molecule has 2 aliphatic rings. The monoisotopic (exact) mass is 586 g/mol. The van der Waals surface area contributed by atoms with Gasteiger partial charge in [0.05, 0.1) is 13.2 Å². The number of ketones is 1. The molecule has 2 aliphatic heterocycles. The van der Waals surface area contributed by atoms with Crippen LogP contribution in [0.25, 0.3) is 0 Å². The Labute approximate surface area is 250 Å². The van der Waals surface area contributed by atoms with Crippen LogP contribution in [0.2, 0.25) is 5.04 Å². The van der Waals surface area contributed by atoms with Crippen LogP contribution in [0.5, 0.6) is 11.5 Å². The van der Waals surface area contributed by atoms with E-state index in [0.29, 0.717) is 30.8 Å². The fourth-order valence-corrected chi connectivity index (χ4v) is 11.0. The van der Waals surface area contributed by atoms with Crippen LogP contribution in [0.4, 0.5) is 0 Å². The lowest BCUT2D eigenvalue weighted by Gasteiger charge is -2.43. The van der Waals surface area contributed by atoms with Crippen molar-refractivity contribution in [1.82, 2.24) is 0 Å². The van der Waals surface area contributed by atoms with Gasteiger partial charge in [0.2, 0.25) is 5.60 Å². The van der Waals surface area contributed by atoms with E-state index in [2.05, 4.69) is 69.3 Å². The first-order chi connectivity index (χ1) is 19.8. The van der Waals surface area contributed by atoms with Crippen LogP contribution in [-0.4, -0.2) is 44.5 Å². The second-order valence-corrected chi connectivity index (χ2v) is 17.6. The number of ether oxygens (including phenoxy) is 3. The average molecular weight is 587 g/mol. The lowest BCUT2D eigenvalue weighted by molar-refractivity contribution is -0.190. The predicted molar refractivity (Wildman–Crippen MR) is 166 cm³/mol. The molecule has 42 heavy (non-hydrogen) atoms. The third-order valence-corrected chi connectivity index (χ3v) is 13.4. The van der Waals surface area contributed by atoms with Gasteiger partial charge in [0.25, 0.3) is 0 Å². The number of hydrogen-bond donors (Lipinski definition) is 0. The third kappa shape index (κ3) is 5.18. The number of benzene rings is 3. The molecule has 0 radical (unpaired) electrons. The van der Waals surface area contributed by atoms with E-state index >= 15 is 0 Å². The minimum Gasteiger partial charge on any atom is -0.531 e. The van der Waals surface area contributed by atoms with E-state index in [0.717, 1.165) is 15.9 Å². The minimum atomic E-state index is -2.91. The maximum absolute atomic E-state index is 13.6. The number of methoxy groups -OCH3 is 1. The number of fused-ring (bicyclic) bond motifs is 2. The number of Topliss-reactive ketones (excluding diaryl/α,β-unsaturated/α-hetero) is 1. The van der Waals surface area contributed by atoms with Crippen LogP contribution in [0.3, 0.4) is 0 Å². The van der Waals surface area contributed by atoms with Crippen molar-refractivity contribution in [2.75, 3.05) is 7.11 Å². The second-order valence-electron chi connectivity index (χ2n) is 13.4. The van der Waals surface area contributed by atoms with Gasteiger partial charge in [0.15, 0.2) is 11.5 Å². The fraction of sp³-hybridized carbons (Fsp3) is 0.429. The Kier molecular flexibility index (Phi) is 7.88. The quantitative estimate of drug-likeness (QED) is 0.194. The van der Waals surface area contributed by atoms with Gasteiger partial charge in [-0.3, -0.25) is 4.79 Å². The maximum atomic E-state index is 13.6. The summed E-state index contributed by atoms with van der Waals surface area (Å²) in [5, 5.41) is 2.08. The molecule has 2 heterocycles. The summed E-state index contributed by atoms with van der Waals surface area (Å²) < 4.78 is 25.2. The molecule has 0 N–H and O–H groups in total. The largest absolute Gasteiger partial charge is 0.531 e. The normalized spacial score (nSPS) is 22.5. The topological polar surface area (TPSA) is 71.1 Å². The third-order valence-electron chi connectivity index (χ3n) is 8.42. The first-order valence-corrected chi connectivity index (χ1v) is 16.7. The molecular formula is C35H42O6Si. The molecule has 0 unspecified atom stereocenters. The summed E-state index contributed by atoms with van der Waals surface area (Å²) in [5.41, 5.74) is -1.60. The molecule has 222 valence electrons. The molecular weight excluding hydrogens is 544 g/mol. The second kappa shape index (κ2) is 11.0. The Morgan fingerprint density at radius 2 is 1.48 bits per heavy atom. The van der Waals surface area contributed by atoms with Crippen LogP contribution >= 0.6 is 0 Å². The van der Waals surface area contributed by atoms with Crippen molar-refractivity contribution in [3.05, 3.63) is 84.4 Å². The molecule has 0 amide bonds. The van der Waals surface area contributed by atoms with Gasteiger partial charge >= 0.3 is 14.3 Å². The van der Waals surface area contributed by atoms with Crippen molar-refractivity contribution in [3.8, 4) is 11.5 Å². The summed E-state index contributed by atoms with van der Waals surface area (Å²) in [6.07, 6.45) is 1.28. The number of hydrogen-bond acceptors (Lipinski definition) is 6. The Bertz CT molecular complexity index is 1400. The SMILES string of the molecule is COc1cc([C@H]2C[C@H]3CCC(=O)[C@]2(C(=O)OC(C)(C)C)O3)ccc1O[Si](c1ccccc1)(c1ccccc1)C(C)(C)C. The standard InChI is InChI=1S/C35H42O6Si/c1-33(2,3)40-32(37)35-28(23-25(39-35)19-21-31(35)36)24-18-20-29(30(22-24)38-7)41-42(34(4,5)6,26-14-10-8-11-15-26)27-16-12-9-13-17-27/h8-18,20,22,25,28H,19,21,23H2,1-7H3/t25-,28-,35-/m1/s1. The highest BCUT2D eigenvalue weighted by Crippen LogP contribution is 2.51. The molecule has 0 saturated carbocycles. The van der Waals surface area contributed by atoms with E-state index in [9.17, 15) is 9.59 Å². The Morgan fingerprint density at radius 1 is 0.881 bits per heavy atom. The average Bonchev–Trinajstić information content (AvgIpc) is 3.28. The number of carbonyl (C=O) groups is 2. The van der Waals surface area contributed by atoms with Gasteiger partial charge in [-0.1, -0.05) is 87.5 Å². The molecule has 0 spiro atoms. The minimum absolute atomic E-state index is 0.181. The van der Waals surface area contributed by atoms with E-state index in [4.69, 9.17) is 18.6 Å². The predicted octanol–water partition coefficient (Wildman–Crippen LogP) is 5.95. The fourth-order valence-electron chi connectivity index (χ4n) is 6.57. The lowest BCUT2D eigenvalue weighted by atomic mass is 9.79. The highest BCUT2D eigenvalue weighted by molar-refractivity contribution is 7.00. The van der Waals surface area contributed by atoms with Gasteiger partial charge in [-0.15, -0.1) is 0 Å². The molecule has 0 aromatic heterocycles. The first-order valence-electron chi connectivity index (χ1n) is 14.7. The first kappa shape index (κ1) is 30.0.